The monoisotopic (exact) mass is 721 g/mol. The molecule has 1 atom stereocenters. The molecule has 0 aromatic heterocycles. The van der Waals surface area contributed by atoms with Crippen molar-refractivity contribution in [1.29, 1.82) is 0 Å². The van der Waals surface area contributed by atoms with Gasteiger partial charge >= 0.3 is 0 Å². The molecule has 0 bridgehead atoms. The molecule has 240 valence electrons. The first-order chi connectivity index (χ1) is 22.2. The molecule has 0 aliphatic heterocycles. The molecule has 5 rings (SSSR count). The van der Waals surface area contributed by atoms with Gasteiger partial charge in [0.1, 0.15) is 12.6 Å². The zero-order chi connectivity index (χ0) is 32.5. The highest BCUT2D eigenvalue weighted by atomic mass is 79.9. The van der Waals surface area contributed by atoms with Crippen molar-refractivity contribution in [3.8, 4) is 0 Å². The minimum atomic E-state index is -4.17. The maximum Gasteiger partial charge on any atom is 0.264 e. The molecule has 0 radical (unpaired) electrons. The van der Waals surface area contributed by atoms with E-state index in [1.807, 2.05) is 54.6 Å². The molecule has 0 spiro atoms. The van der Waals surface area contributed by atoms with Crippen molar-refractivity contribution in [1.82, 2.24) is 10.2 Å². The SMILES string of the molecule is O=C(NC1CCCCC1)[C@H](Cc1ccccc1)N(Cc1cccc(Br)c1)C(=O)CN(c1ccc(Cl)cc1)S(=O)(=O)c1ccccc1. The van der Waals surface area contributed by atoms with Crippen LogP contribution in [-0.4, -0.2) is 43.8 Å². The van der Waals surface area contributed by atoms with E-state index in [2.05, 4.69) is 21.2 Å². The number of hydrogen-bond acceptors (Lipinski definition) is 4. The minimum absolute atomic E-state index is 0.0337. The molecule has 1 N–H and O–H groups in total. The molecular formula is C36H37BrClN3O4S. The van der Waals surface area contributed by atoms with Crippen LogP contribution >= 0.6 is 27.5 Å². The van der Waals surface area contributed by atoms with Crippen LogP contribution in [0.15, 0.2) is 119 Å². The van der Waals surface area contributed by atoms with E-state index in [0.29, 0.717) is 5.02 Å². The number of nitrogens with zero attached hydrogens (tertiary/aromatic N) is 2. The van der Waals surface area contributed by atoms with Crippen LogP contribution in [0.2, 0.25) is 5.02 Å². The normalized spacial score (nSPS) is 14.3. The summed E-state index contributed by atoms with van der Waals surface area (Å²) in [6.07, 6.45) is 5.28. The number of hydrogen-bond donors (Lipinski definition) is 1. The fourth-order valence-corrected chi connectivity index (χ4v) is 7.79. The number of sulfonamides is 1. The molecule has 1 saturated carbocycles. The third-order valence-electron chi connectivity index (χ3n) is 8.19. The standard InChI is InChI=1S/C36H37BrClN3O4S/c37-29-14-10-13-28(23-29)25-40(34(24-27-11-4-1-5-12-27)36(43)39-31-15-6-2-7-16-31)35(42)26-41(32-21-19-30(38)20-22-32)46(44,45)33-17-8-3-9-18-33/h1,3-5,8-14,17-23,31,34H,2,6-7,15-16,24-26H2,(H,39,43)/t34-/m0/s1. The highest BCUT2D eigenvalue weighted by Crippen LogP contribution is 2.27. The summed E-state index contributed by atoms with van der Waals surface area (Å²) in [7, 11) is -4.17. The highest BCUT2D eigenvalue weighted by molar-refractivity contribution is 9.10. The zero-order valence-corrected chi connectivity index (χ0v) is 28.6. The summed E-state index contributed by atoms with van der Waals surface area (Å²) in [6, 6.07) is 30.6. The molecule has 1 aliphatic rings. The van der Waals surface area contributed by atoms with Gasteiger partial charge in [-0.15, -0.1) is 0 Å². The van der Waals surface area contributed by atoms with Crippen molar-refractivity contribution >= 4 is 55.1 Å². The van der Waals surface area contributed by atoms with Crippen LogP contribution in [-0.2, 0) is 32.6 Å². The summed E-state index contributed by atoms with van der Waals surface area (Å²) < 4.78 is 30.1. The number of nitrogens with one attached hydrogen (secondary N) is 1. The smallest absolute Gasteiger partial charge is 0.264 e. The molecule has 46 heavy (non-hydrogen) atoms. The Bertz CT molecular complexity index is 1720. The number of halogens is 2. The van der Waals surface area contributed by atoms with Crippen LogP contribution in [0.3, 0.4) is 0 Å². The Morgan fingerprint density at radius 2 is 1.46 bits per heavy atom. The molecule has 4 aromatic carbocycles. The first-order valence-electron chi connectivity index (χ1n) is 15.4. The molecule has 7 nitrogen and oxygen atoms in total. The van der Waals surface area contributed by atoms with E-state index in [0.717, 1.165) is 52.0 Å². The van der Waals surface area contributed by atoms with E-state index >= 15 is 0 Å². The van der Waals surface area contributed by atoms with Gasteiger partial charge in [0, 0.05) is 28.5 Å². The lowest BCUT2D eigenvalue weighted by Crippen LogP contribution is -2.55. The van der Waals surface area contributed by atoms with Crippen LogP contribution in [0.4, 0.5) is 5.69 Å². The zero-order valence-electron chi connectivity index (χ0n) is 25.4. The van der Waals surface area contributed by atoms with Crippen LogP contribution in [0.25, 0.3) is 0 Å². The quantitative estimate of drug-likeness (QED) is 0.165. The van der Waals surface area contributed by atoms with E-state index in [-0.39, 0.29) is 35.5 Å². The molecule has 0 unspecified atom stereocenters. The van der Waals surface area contributed by atoms with Gasteiger partial charge in [0.2, 0.25) is 11.8 Å². The molecule has 1 aliphatic carbocycles. The van der Waals surface area contributed by atoms with E-state index in [1.54, 1.807) is 42.5 Å². The van der Waals surface area contributed by atoms with Crippen molar-refractivity contribution in [2.45, 2.75) is 62.0 Å². The van der Waals surface area contributed by atoms with E-state index in [4.69, 9.17) is 11.6 Å². The summed E-state index contributed by atoms with van der Waals surface area (Å²) in [5, 5.41) is 3.67. The lowest BCUT2D eigenvalue weighted by Gasteiger charge is -2.35. The Labute approximate surface area is 284 Å². The van der Waals surface area contributed by atoms with Crippen molar-refractivity contribution < 1.29 is 18.0 Å². The minimum Gasteiger partial charge on any atom is -0.352 e. The van der Waals surface area contributed by atoms with Gasteiger partial charge < -0.3 is 10.2 Å². The van der Waals surface area contributed by atoms with Crippen LogP contribution in [0, 0.1) is 0 Å². The average molecular weight is 723 g/mol. The summed E-state index contributed by atoms with van der Waals surface area (Å²) in [4.78, 5) is 30.3. The number of carbonyl (C=O) groups excluding carboxylic acids is 2. The second-order valence-corrected chi connectivity index (χ2v) is 14.7. The molecule has 1 fully saturated rings. The van der Waals surface area contributed by atoms with Crippen molar-refractivity contribution in [3.05, 3.63) is 130 Å². The summed E-state index contributed by atoms with van der Waals surface area (Å²) in [5.41, 5.74) is 1.98. The average Bonchev–Trinajstić information content (AvgIpc) is 3.07. The maximum absolute atomic E-state index is 14.6. The van der Waals surface area contributed by atoms with Gasteiger partial charge in [-0.1, -0.05) is 107 Å². The Balaban J connectivity index is 1.55. The number of carbonyl (C=O) groups is 2. The van der Waals surface area contributed by atoms with Gasteiger partial charge in [0.15, 0.2) is 0 Å². The number of anilines is 1. The van der Waals surface area contributed by atoms with Gasteiger partial charge in [-0.25, -0.2) is 8.42 Å². The fourth-order valence-electron chi connectivity index (χ4n) is 5.79. The van der Waals surface area contributed by atoms with Crippen LogP contribution in [0.1, 0.15) is 43.2 Å². The summed E-state index contributed by atoms with van der Waals surface area (Å²) in [6.45, 7) is -0.414. The van der Waals surface area contributed by atoms with Gasteiger partial charge in [-0.2, -0.15) is 0 Å². The Hall–Kier alpha value is -3.66. The molecule has 0 heterocycles. The molecule has 2 amide bonds. The van der Waals surface area contributed by atoms with Crippen molar-refractivity contribution in [3.63, 3.8) is 0 Å². The number of benzene rings is 4. The molecule has 0 saturated heterocycles. The van der Waals surface area contributed by atoms with Crippen molar-refractivity contribution in [2.24, 2.45) is 0 Å². The second-order valence-electron chi connectivity index (χ2n) is 11.5. The predicted octanol–water partition coefficient (Wildman–Crippen LogP) is 7.39. The van der Waals surface area contributed by atoms with E-state index in [9.17, 15) is 18.0 Å². The first kappa shape index (κ1) is 33.7. The summed E-state index contributed by atoms with van der Waals surface area (Å²) >= 11 is 9.67. The van der Waals surface area contributed by atoms with E-state index in [1.165, 1.54) is 17.0 Å². The molecule has 4 aromatic rings. The van der Waals surface area contributed by atoms with Crippen LogP contribution in [0.5, 0.6) is 0 Å². The predicted molar refractivity (Wildman–Crippen MR) is 186 cm³/mol. The Morgan fingerprint density at radius 3 is 2.11 bits per heavy atom. The van der Waals surface area contributed by atoms with Crippen molar-refractivity contribution in [2.75, 3.05) is 10.8 Å². The number of amides is 2. The topological polar surface area (TPSA) is 86.8 Å². The lowest BCUT2D eigenvalue weighted by molar-refractivity contribution is -0.140. The highest BCUT2D eigenvalue weighted by Gasteiger charge is 2.35. The molecular weight excluding hydrogens is 686 g/mol. The van der Waals surface area contributed by atoms with Gasteiger partial charge in [-0.05, 0) is 72.5 Å². The third-order valence-corrected chi connectivity index (χ3v) is 10.7. The first-order valence-corrected chi connectivity index (χ1v) is 18.0. The lowest BCUT2D eigenvalue weighted by atomic mass is 9.94. The third kappa shape index (κ3) is 8.78. The number of rotatable bonds is 12. The van der Waals surface area contributed by atoms with Gasteiger partial charge in [-0.3, -0.25) is 13.9 Å². The van der Waals surface area contributed by atoms with Gasteiger partial charge in [0.25, 0.3) is 10.0 Å². The second kappa shape index (κ2) is 15.8. The van der Waals surface area contributed by atoms with Crippen LogP contribution < -0.4 is 9.62 Å². The maximum atomic E-state index is 14.6. The summed E-state index contributed by atoms with van der Waals surface area (Å²) in [5.74, 6) is -0.753. The fraction of sp³-hybridized carbons (Fsp3) is 0.278. The largest absolute Gasteiger partial charge is 0.352 e. The Kier molecular flexibility index (Phi) is 11.5. The molecule has 10 heteroatoms. The Morgan fingerprint density at radius 1 is 0.826 bits per heavy atom. The van der Waals surface area contributed by atoms with E-state index < -0.39 is 28.5 Å². The van der Waals surface area contributed by atoms with Gasteiger partial charge in [0.05, 0.1) is 10.6 Å².